The monoisotopic (exact) mass is 406 g/mol. The molecule has 158 valence electrons. The summed E-state index contributed by atoms with van der Waals surface area (Å²) in [6, 6.07) is 21.5. The van der Waals surface area contributed by atoms with E-state index in [4.69, 9.17) is 14.2 Å². The zero-order valence-corrected chi connectivity index (χ0v) is 17.8. The van der Waals surface area contributed by atoms with Gasteiger partial charge in [-0.2, -0.15) is 0 Å². The smallest absolute Gasteiger partial charge is 0.119 e. The predicted octanol–water partition coefficient (Wildman–Crippen LogP) is 4.02. The molecule has 1 N–H and O–H groups in total. The van der Waals surface area contributed by atoms with Crippen molar-refractivity contribution >= 4 is 10.8 Å². The van der Waals surface area contributed by atoms with Gasteiger partial charge in [-0.1, -0.05) is 30.3 Å². The third-order valence-electron chi connectivity index (χ3n) is 5.77. The molecule has 0 aromatic heterocycles. The van der Waals surface area contributed by atoms with E-state index in [-0.39, 0.29) is 0 Å². The number of rotatable bonds is 8. The van der Waals surface area contributed by atoms with E-state index in [1.165, 1.54) is 21.9 Å². The minimum atomic E-state index is 0.310. The Hall–Kier alpha value is -2.60. The predicted molar refractivity (Wildman–Crippen MR) is 120 cm³/mol. The lowest BCUT2D eigenvalue weighted by molar-refractivity contribution is 0.0161. The number of benzene rings is 3. The van der Waals surface area contributed by atoms with Crippen LogP contribution in [0, 0.1) is 0 Å². The summed E-state index contributed by atoms with van der Waals surface area (Å²) in [6.45, 7) is 5.21. The molecule has 1 saturated heterocycles. The maximum atomic E-state index is 5.56. The van der Waals surface area contributed by atoms with Crippen LogP contribution in [-0.4, -0.2) is 52.0 Å². The number of ether oxygens (including phenoxy) is 3. The topological polar surface area (TPSA) is 43.0 Å². The summed E-state index contributed by atoms with van der Waals surface area (Å²) < 4.78 is 16.2. The molecular formula is C25H30N2O3. The van der Waals surface area contributed by atoms with Gasteiger partial charge in [0.1, 0.15) is 11.5 Å². The molecule has 0 bridgehead atoms. The van der Waals surface area contributed by atoms with Crippen molar-refractivity contribution < 1.29 is 14.2 Å². The summed E-state index contributed by atoms with van der Waals surface area (Å²) in [5.41, 5.74) is 2.58. The van der Waals surface area contributed by atoms with Gasteiger partial charge in [-0.05, 0) is 52.2 Å². The Balaban J connectivity index is 1.44. The van der Waals surface area contributed by atoms with Crippen LogP contribution in [0.3, 0.4) is 0 Å². The molecule has 3 aromatic carbocycles. The number of hydrogen-bond acceptors (Lipinski definition) is 5. The largest absolute Gasteiger partial charge is 0.497 e. The van der Waals surface area contributed by atoms with Crippen LogP contribution in [-0.2, 0) is 11.3 Å². The summed E-state index contributed by atoms with van der Waals surface area (Å²) in [6.07, 6.45) is 0. The molecule has 1 unspecified atom stereocenters. The lowest BCUT2D eigenvalue weighted by atomic mass is 10.0. The first-order chi connectivity index (χ1) is 14.8. The highest BCUT2D eigenvalue weighted by atomic mass is 16.5. The zero-order valence-electron chi connectivity index (χ0n) is 17.8. The van der Waals surface area contributed by atoms with Crippen LogP contribution in [0.5, 0.6) is 11.5 Å². The van der Waals surface area contributed by atoms with Gasteiger partial charge in [0.25, 0.3) is 0 Å². The number of nitrogens with one attached hydrogen (secondary N) is 1. The van der Waals surface area contributed by atoms with Crippen LogP contribution in [0.4, 0.5) is 0 Å². The van der Waals surface area contributed by atoms with Gasteiger partial charge in [0.15, 0.2) is 0 Å². The van der Waals surface area contributed by atoms with Crippen LogP contribution in [0.2, 0.25) is 0 Å². The highest BCUT2D eigenvalue weighted by Crippen LogP contribution is 2.25. The van der Waals surface area contributed by atoms with Gasteiger partial charge < -0.3 is 19.5 Å². The highest BCUT2D eigenvalue weighted by Gasteiger charge is 2.22. The van der Waals surface area contributed by atoms with E-state index in [0.717, 1.165) is 50.9 Å². The van der Waals surface area contributed by atoms with Crippen molar-refractivity contribution in [3.8, 4) is 11.5 Å². The van der Waals surface area contributed by atoms with Gasteiger partial charge in [-0.15, -0.1) is 0 Å². The molecule has 0 saturated carbocycles. The summed E-state index contributed by atoms with van der Waals surface area (Å²) in [5, 5.41) is 6.10. The van der Waals surface area contributed by atoms with Crippen LogP contribution < -0.4 is 14.8 Å². The summed E-state index contributed by atoms with van der Waals surface area (Å²) in [5.74, 6) is 1.78. The van der Waals surface area contributed by atoms with Crippen molar-refractivity contribution in [2.75, 3.05) is 47.1 Å². The minimum Gasteiger partial charge on any atom is -0.497 e. The molecule has 5 heteroatoms. The lowest BCUT2D eigenvalue weighted by Crippen LogP contribution is -2.42. The molecule has 4 rings (SSSR count). The van der Waals surface area contributed by atoms with E-state index < -0.39 is 0 Å². The second kappa shape index (κ2) is 9.94. The minimum absolute atomic E-state index is 0.310. The third-order valence-corrected chi connectivity index (χ3v) is 5.77. The Morgan fingerprint density at radius 2 is 1.53 bits per heavy atom. The Bertz CT molecular complexity index is 952. The molecule has 3 aromatic rings. The van der Waals surface area contributed by atoms with Crippen molar-refractivity contribution in [2.45, 2.75) is 12.6 Å². The van der Waals surface area contributed by atoms with E-state index in [0.29, 0.717) is 6.04 Å². The van der Waals surface area contributed by atoms with E-state index in [2.05, 4.69) is 52.7 Å². The molecule has 1 aliphatic rings. The first-order valence-corrected chi connectivity index (χ1v) is 10.5. The molecule has 1 atom stereocenters. The fourth-order valence-electron chi connectivity index (χ4n) is 4.04. The number of morpholine rings is 1. The Morgan fingerprint density at radius 1 is 0.867 bits per heavy atom. The second-order valence-electron chi connectivity index (χ2n) is 7.62. The Morgan fingerprint density at radius 3 is 2.27 bits per heavy atom. The van der Waals surface area contributed by atoms with Crippen molar-refractivity contribution in [3.63, 3.8) is 0 Å². The molecule has 0 radical (unpaired) electrons. The molecule has 0 amide bonds. The summed E-state index contributed by atoms with van der Waals surface area (Å²) in [4.78, 5) is 2.50. The number of fused-ring (bicyclic) bond motifs is 1. The standard InChI is InChI=1S/C25H30N2O3/c1-28-23-8-5-20(6-9-23)25(27-11-13-30-14-12-27)18-26-17-19-3-4-22-16-24(29-2)10-7-21(22)15-19/h3-10,15-16,25-26H,11-14,17-18H2,1-2H3. The van der Waals surface area contributed by atoms with E-state index in [1.54, 1.807) is 14.2 Å². The normalized spacial score (nSPS) is 15.8. The molecule has 30 heavy (non-hydrogen) atoms. The summed E-state index contributed by atoms with van der Waals surface area (Å²) >= 11 is 0. The number of hydrogen-bond donors (Lipinski definition) is 1. The van der Waals surface area contributed by atoms with E-state index in [9.17, 15) is 0 Å². The quantitative estimate of drug-likeness (QED) is 0.612. The number of nitrogens with zero attached hydrogens (tertiary/aromatic N) is 1. The van der Waals surface area contributed by atoms with E-state index in [1.807, 2.05) is 18.2 Å². The molecule has 1 aliphatic heterocycles. The molecule has 1 heterocycles. The second-order valence-corrected chi connectivity index (χ2v) is 7.62. The zero-order chi connectivity index (χ0) is 20.8. The lowest BCUT2D eigenvalue weighted by Gasteiger charge is -2.35. The van der Waals surface area contributed by atoms with E-state index >= 15 is 0 Å². The SMILES string of the molecule is COc1ccc(C(CNCc2ccc3cc(OC)ccc3c2)N2CCOCC2)cc1. The van der Waals surface area contributed by atoms with Crippen molar-refractivity contribution in [1.29, 1.82) is 0 Å². The molecule has 0 spiro atoms. The fourth-order valence-corrected chi connectivity index (χ4v) is 4.04. The van der Waals surface area contributed by atoms with Crippen LogP contribution in [0.15, 0.2) is 60.7 Å². The molecule has 0 aliphatic carbocycles. The molecular weight excluding hydrogens is 376 g/mol. The maximum Gasteiger partial charge on any atom is 0.119 e. The van der Waals surface area contributed by atoms with Crippen molar-refractivity contribution in [2.24, 2.45) is 0 Å². The Kier molecular flexibility index (Phi) is 6.84. The van der Waals surface area contributed by atoms with Gasteiger partial charge in [0.2, 0.25) is 0 Å². The van der Waals surface area contributed by atoms with Gasteiger partial charge in [0, 0.05) is 32.2 Å². The maximum absolute atomic E-state index is 5.56. The average Bonchev–Trinajstić information content (AvgIpc) is 2.82. The first kappa shape index (κ1) is 20.7. The third kappa shape index (κ3) is 4.93. The van der Waals surface area contributed by atoms with Gasteiger partial charge in [0.05, 0.1) is 27.4 Å². The number of methoxy groups -OCH3 is 2. The summed E-state index contributed by atoms with van der Waals surface area (Å²) in [7, 11) is 3.41. The van der Waals surface area contributed by atoms with Gasteiger partial charge >= 0.3 is 0 Å². The van der Waals surface area contributed by atoms with Gasteiger partial charge in [-0.25, -0.2) is 0 Å². The van der Waals surface area contributed by atoms with Crippen molar-refractivity contribution in [1.82, 2.24) is 10.2 Å². The van der Waals surface area contributed by atoms with Gasteiger partial charge in [-0.3, -0.25) is 4.90 Å². The fraction of sp³-hybridized carbons (Fsp3) is 0.360. The average molecular weight is 407 g/mol. The van der Waals surface area contributed by atoms with Crippen molar-refractivity contribution in [3.05, 3.63) is 71.8 Å². The first-order valence-electron chi connectivity index (χ1n) is 10.5. The van der Waals surface area contributed by atoms with Crippen LogP contribution in [0.1, 0.15) is 17.2 Å². The highest BCUT2D eigenvalue weighted by molar-refractivity contribution is 5.84. The molecule has 5 nitrogen and oxygen atoms in total. The molecule has 1 fully saturated rings. The van der Waals surface area contributed by atoms with Crippen LogP contribution >= 0.6 is 0 Å². The van der Waals surface area contributed by atoms with Crippen LogP contribution in [0.25, 0.3) is 10.8 Å². The Labute approximate surface area is 178 Å².